The van der Waals surface area contributed by atoms with Crippen molar-refractivity contribution in [2.75, 3.05) is 25.3 Å². The number of hydrogen-bond donors (Lipinski definition) is 1. The quantitative estimate of drug-likeness (QED) is 0.600. The van der Waals surface area contributed by atoms with Crippen molar-refractivity contribution < 1.29 is 9.13 Å². The average molecular weight is 201 g/mol. The van der Waals surface area contributed by atoms with E-state index in [-0.39, 0.29) is 6.67 Å². The molecule has 2 nitrogen and oxygen atoms in total. The molecule has 72 valence electrons. The van der Waals surface area contributed by atoms with Gasteiger partial charge in [-0.1, -0.05) is 0 Å². The number of alkyl halides is 1. The van der Waals surface area contributed by atoms with Gasteiger partial charge in [0.15, 0.2) is 0 Å². The Labute approximate surface area is 81.3 Å². The second kappa shape index (κ2) is 4.97. The number of thioether (sulfide) groups is 1. The molecule has 0 heterocycles. The second-order valence-corrected chi connectivity index (χ2v) is 3.58. The van der Waals surface area contributed by atoms with E-state index in [0.717, 1.165) is 10.6 Å². The maximum absolute atomic E-state index is 11.9. The van der Waals surface area contributed by atoms with Crippen LogP contribution in [0.25, 0.3) is 0 Å². The lowest BCUT2D eigenvalue weighted by atomic mass is 10.3. The first-order chi connectivity index (χ1) is 6.27. The predicted molar refractivity (Wildman–Crippen MR) is 54.1 cm³/mol. The summed E-state index contributed by atoms with van der Waals surface area (Å²) in [6.07, 6.45) is 0. The smallest absolute Gasteiger partial charge is 0.120 e. The van der Waals surface area contributed by atoms with Gasteiger partial charge in [-0.05, 0) is 18.2 Å². The van der Waals surface area contributed by atoms with Gasteiger partial charge >= 0.3 is 0 Å². The van der Waals surface area contributed by atoms with Crippen molar-refractivity contribution in [2.45, 2.75) is 4.90 Å². The number of hydrogen-bond acceptors (Lipinski definition) is 3. The number of nitrogen functional groups attached to an aromatic ring is 1. The SMILES string of the molecule is COc1ccc(N)c(SCCF)c1. The van der Waals surface area contributed by atoms with E-state index in [1.807, 2.05) is 6.07 Å². The highest BCUT2D eigenvalue weighted by atomic mass is 32.2. The van der Waals surface area contributed by atoms with Crippen molar-refractivity contribution in [2.24, 2.45) is 0 Å². The Morgan fingerprint density at radius 1 is 1.54 bits per heavy atom. The predicted octanol–water partition coefficient (Wildman–Crippen LogP) is 2.34. The fourth-order valence-electron chi connectivity index (χ4n) is 0.915. The zero-order chi connectivity index (χ0) is 9.68. The lowest BCUT2D eigenvalue weighted by molar-refractivity contribution is 0.414. The van der Waals surface area contributed by atoms with Gasteiger partial charge in [0, 0.05) is 16.3 Å². The maximum atomic E-state index is 11.9. The lowest BCUT2D eigenvalue weighted by Gasteiger charge is -2.06. The molecule has 1 aromatic carbocycles. The van der Waals surface area contributed by atoms with Crippen LogP contribution in [0.5, 0.6) is 5.75 Å². The Kier molecular flexibility index (Phi) is 3.89. The number of halogens is 1. The van der Waals surface area contributed by atoms with Gasteiger partial charge in [-0.2, -0.15) is 0 Å². The summed E-state index contributed by atoms with van der Waals surface area (Å²) in [7, 11) is 1.59. The molecule has 1 rings (SSSR count). The van der Waals surface area contributed by atoms with E-state index in [4.69, 9.17) is 10.5 Å². The Bertz CT molecular complexity index is 280. The Hall–Kier alpha value is -0.900. The standard InChI is InChI=1S/C9H12FNOS/c1-12-7-2-3-8(11)9(6-7)13-5-4-10/h2-3,6H,4-5,11H2,1H3. The van der Waals surface area contributed by atoms with Gasteiger partial charge in [0.1, 0.15) is 5.75 Å². The molecule has 0 saturated carbocycles. The molecule has 0 unspecified atom stereocenters. The lowest BCUT2D eigenvalue weighted by Crippen LogP contribution is -1.91. The summed E-state index contributed by atoms with van der Waals surface area (Å²) in [4.78, 5) is 0.872. The minimum Gasteiger partial charge on any atom is -0.497 e. The van der Waals surface area contributed by atoms with Crippen molar-refractivity contribution in [3.63, 3.8) is 0 Å². The maximum Gasteiger partial charge on any atom is 0.120 e. The molecule has 0 radical (unpaired) electrons. The fraction of sp³-hybridized carbons (Fsp3) is 0.333. The number of ether oxygens (including phenoxy) is 1. The average Bonchev–Trinajstić information content (AvgIpc) is 2.17. The highest BCUT2D eigenvalue weighted by Gasteiger charge is 2.01. The van der Waals surface area contributed by atoms with E-state index in [0.29, 0.717) is 11.4 Å². The Balaban J connectivity index is 2.78. The third kappa shape index (κ3) is 2.81. The van der Waals surface area contributed by atoms with E-state index in [2.05, 4.69) is 0 Å². The summed E-state index contributed by atoms with van der Waals surface area (Å²) < 4.78 is 16.9. The largest absolute Gasteiger partial charge is 0.497 e. The van der Waals surface area contributed by atoms with Crippen LogP contribution in [0.3, 0.4) is 0 Å². The molecule has 1 aromatic rings. The minimum atomic E-state index is -0.346. The second-order valence-electron chi connectivity index (χ2n) is 2.44. The summed E-state index contributed by atoms with van der Waals surface area (Å²) in [6, 6.07) is 5.36. The first-order valence-electron chi connectivity index (χ1n) is 3.90. The molecular weight excluding hydrogens is 189 g/mol. The van der Waals surface area contributed by atoms with Crippen LogP contribution in [0.1, 0.15) is 0 Å². The number of benzene rings is 1. The van der Waals surface area contributed by atoms with Gasteiger partial charge in [0.25, 0.3) is 0 Å². The number of methoxy groups -OCH3 is 1. The van der Waals surface area contributed by atoms with Crippen LogP contribution in [0, 0.1) is 0 Å². The summed E-state index contributed by atoms with van der Waals surface area (Å²) >= 11 is 1.40. The Morgan fingerprint density at radius 2 is 2.31 bits per heavy atom. The molecule has 0 bridgehead atoms. The van der Waals surface area contributed by atoms with Crippen LogP contribution in [-0.2, 0) is 0 Å². The van der Waals surface area contributed by atoms with Crippen LogP contribution in [0.15, 0.2) is 23.1 Å². The van der Waals surface area contributed by atoms with E-state index >= 15 is 0 Å². The molecule has 13 heavy (non-hydrogen) atoms. The van der Waals surface area contributed by atoms with Crippen LogP contribution in [0.2, 0.25) is 0 Å². The van der Waals surface area contributed by atoms with Crippen LogP contribution in [-0.4, -0.2) is 19.5 Å². The summed E-state index contributed by atoms with van der Waals surface area (Å²) in [5, 5.41) is 0. The third-order valence-electron chi connectivity index (χ3n) is 1.56. The molecule has 0 aliphatic heterocycles. The summed E-state index contributed by atoms with van der Waals surface area (Å²) in [6.45, 7) is -0.346. The van der Waals surface area contributed by atoms with Crippen molar-refractivity contribution in [1.29, 1.82) is 0 Å². The molecule has 0 aliphatic carbocycles. The monoisotopic (exact) mass is 201 g/mol. The number of rotatable bonds is 4. The van der Waals surface area contributed by atoms with Crippen LogP contribution < -0.4 is 10.5 Å². The first-order valence-corrected chi connectivity index (χ1v) is 4.88. The van der Waals surface area contributed by atoms with E-state index in [1.54, 1.807) is 19.2 Å². The molecule has 0 amide bonds. The zero-order valence-corrected chi connectivity index (χ0v) is 8.23. The molecule has 0 atom stereocenters. The molecule has 2 N–H and O–H groups in total. The van der Waals surface area contributed by atoms with Crippen LogP contribution in [0.4, 0.5) is 10.1 Å². The van der Waals surface area contributed by atoms with E-state index in [9.17, 15) is 4.39 Å². The molecule has 0 aromatic heterocycles. The van der Waals surface area contributed by atoms with Gasteiger partial charge in [-0.15, -0.1) is 11.8 Å². The van der Waals surface area contributed by atoms with Gasteiger partial charge < -0.3 is 10.5 Å². The van der Waals surface area contributed by atoms with E-state index in [1.165, 1.54) is 11.8 Å². The number of anilines is 1. The van der Waals surface area contributed by atoms with Crippen molar-refractivity contribution in [1.82, 2.24) is 0 Å². The third-order valence-corrected chi connectivity index (χ3v) is 2.58. The fourth-order valence-corrected chi connectivity index (χ4v) is 1.65. The highest BCUT2D eigenvalue weighted by Crippen LogP contribution is 2.28. The molecular formula is C9H12FNOS. The summed E-state index contributed by atoms with van der Waals surface area (Å²) in [5.74, 6) is 1.17. The highest BCUT2D eigenvalue weighted by molar-refractivity contribution is 7.99. The molecule has 0 spiro atoms. The molecule has 4 heteroatoms. The van der Waals surface area contributed by atoms with Gasteiger partial charge in [-0.3, -0.25) is 4.39 Å². The van der Waals surface area contributed by atoms with Gasteiger partial charge in [-0.25, -0.2) is 0 Å². The number of nitrogens with two attached hydrogens (primary N) is 1. The van der Waals surface area contributed by atoms with E-state index < -0.39 is 0 Å². The molecule has 0 fully saturated rings. The minimum absolute atomic E-state index is 0.346. The molecule has 0 saturated heterocycles. The van der Waals surface area contributed by atoms with Gasteiger partial charge in [0.2, 0.25) is 0 Å². The topological polar surface area (TPSA) is 35.2 Å². The molecule has 0 aliphatic rings. The van der Waals surface area contributed by atoms with Crippen molar-refractivity contribution in [3.8, 4) is 5.75 Å². The van der Waals surface area contributed by atoms with Gasteiger partial charge in [0.05, 0.1) is 13.8 Å². The Morgan fingerprint density at radius 3 is 2.92 bits per heavy atom. The van der Waals surface area contributed by atoms with Crippen LogP contribution >= 0.6 is 11.8 Å². The summed E-state index contributed by atoms with van der Waals surface area (Å²) in [5.41, 5.74) is 6.35. The van der Waals surface area contributed by atoms with Crippen molar-refractivity contribution >= 4 is 17.4 Å². The zero-order valence-electron chi connectivity index (χ0n) is 7.42. The van der Waals surface area contributed by atoms with Crippen molar-refractivity contribution in [3.05, 3.63) is 18.2 Å². The first kappa shape index (κ1) is 10.2. The normalized spacial score (nSPS) is 10.0.